The van der Waals surface area contributed by atoms with E-state index in [0.717, 1.165) is 0 Å². The number of nitrogens with one attached hydrogen (secondary N) is 1. The Morgan fingerprint density at radius 2 is 2.43 bits per heavy atom. The second kappa shape index (κ2) is 4.11. The Hall–Kier alpha value is -0.870. The van der Waals surface area contributed by atoms with Crippen LogP contribution < -0.4 is 5.32 Å². The van der Waals surface area contributed by atoms with E-state index in [-0.39, 0.29) is 12.6 Å². The number of aromatic nitrogens is 1. The van der Waals surface area contributed by atoms with Gasteiger partial charge in [-0.25, -0.2) is 9.37 Å². The first-order chi connectivity index (χ1) is 6.77. The molecule has 0 aromatic carbocycles. The van der Waals surface area contributed by atoms with Gasteiger partial charge in [-0.3, -0.25) is 0 Å². The van der Waals surface area contributed by atoms with Crippen molar-refractivity contribution in [2.24, 2.45) is 0 Å². The molecule has 3 nitrogen and oxygen atoms in total. The van der Waals surface area contributed by atoms with Gasteiger partial charge in [-0.15, -0.1) is 0 Å². The highest BCUT2D eigenvalue weighted by molar-refractivity contribution is 6.32. The third-order valence-electron chi connectivity index (χ3n) is 2.09. The highest BCUT2D eigenvalue weighted by atomic mass is 35.5. The third kappa shape index (κ3) is 1.96. The molecule has 1 aromatic rings. The van der Waals surface area contributed by atoms with E-state index >= 15 is 0 Å². The van der Waals surface area contributed by atoms with Gasteiger partial charge in [-0.2, -0.15) is 0 Å². The van der Waals surface area contributed by atoms with Gasteiger partial charge in [0.1, 0.15) is 12.0 Å². The normalized spacial score (nSPS) is 26.4. The lowest BCUT2D eigenvalue weighted by Crippen LogP contribution is -2.29. The van der Waals surface area contributed by atoms with E-state index in [9.17, 15) is 4.39 Å². The van der Waals surface area contributed by atoms with Crippen LogP contribution in [-0.2, 0) is 4.74 Å². The average molecular weight is 217 g/mol. The number of halogens is 2. The minimum atomic E-state index is -0.993. The minimum absolute atomic E-state index is 0.141. The summed E-state index contributed by atoms with van der Waals surface area (Å²) in [6.07, 6.45) is 0.616. The summed E-state index contributed by atoms with van der Waals surface area (Å²) >= 11 is 5.86. The Morgan fingerprint density at radius 3 is 3.07 bits per heavy atom. The monoisotopic (exact) mass is 216 g/mol. The standard InChI is InChI=1S/C9H10ClFN2O/c10-6-2-1-3-12-9(6)13-8-5-14-4-7(8)11/h1-3,7-8H,4-5H2,(H,12,13). The van der Waals surface area contributed by atoms with E-state index < -0.39 is 6.17 Å². The number of ether oxygens (including phenoxy) is 1. The van der Waals surface area contributed by atoms with Crippen molar-refractivity contribution in [1.29, 1.82) is 0 Å². The van der Waals surface area contributed by atoms with Crippen LogP contribution in [0.5, 0.6) is 0 Å². The first-order valence-electron chi connectivity index (χ1n) is 4.36. The van der Waals surface area contributed by atoms with Crippen molar-refractivity contribution in [2.75, 3.05) is 18.5 Å². The smallest absolute Gasteiger partial charge is 0.146 e. The van der Waals surface area contributed by atoms with Crippen molar-refractivity contribution in [2.45, 2.75) is 12.2 Å². The van der Waals surface area contributed by atoms with Gasteiger partial charge in [0.2, 0.25) is 0 Å². The van der Waals surface area contributed by atoms with E-state index in [1.807, 2.05) is 0 Å². The zero-order chi connectivity index (χ0) is 9.97. The number of anilines is 1. The summed E-state index contributed by atoms with van der Waals surface area (Å²) in [5.74, 6) is 0.507. The second-order valence-electron chi connectivity index (χ2n) is 3.14. The molecule has 1 aliphatic rings. The fourth-order valence-electron chi connectivity index (χ4n) is 1.33. The molecule has 1 N–H and O–H groups in total. The second-order valence-corrected chi connectivity index (χ2v) is 3.55. The Kier molecular flexibility index (Phi) is 2.84. The molecule has 1 fully saturated rings. The topological polar surface area (TPSA) is 34.1 Å². The minimum Gasteiger partial charge on any atom is -0.376 e. The maximum absolute atomic E-state index is 13.1. The van der Waals surface area contributed by atoms with E-state index in [2.05, 4.69) is 10.3 Å². The molecule has 0 amide bonds. The molecule has 0 radical (unpaired) electrons. The molecule has 2 rings (SSSR count). The van der Waals surface area contributed by atoms with Crippen LogP contribution in [0.3, 0.4) is 0 Å². The summed E-state index contributed by atoms with van der Waals surface area (Å²) in [6, 6.07) is 3.09. The fraction of sp³-hybridized carbons (Fsp3) is 0.444. The van der Waals surface area contributed by atoms with Crippen LogP contribution in [0.25, 0.3) is 0 Å². The van der Waals surface area contributed by atoms with Gasteiger partial charge in [-0.05, 0) is 12.1 Å². The zero-order valence-corrected chi connectivity index (χ0v) is 8.17. The van der Waals surface area contributed by atoms with E-state index in [4.69, 9.17) is 16.3 Å². The lowest BCUT2D eigenvalue weighted by molar-refractivity contribution is 0.173. The van der Waals surface area contributed by atoms with E-state index in [1.165, 1.54) is 0 Å². The lowest BCUT2D eigenvalue weighted by atomic mass is 10.2. The summed E-state index contributed by atoms with van der Waals surface area (Å²) in [6.45, 7) is 0.496. The van der Waals surface area contributed by atoms with E-state index in [1.54, 1.807) is 18.3 Å². The Labute approximate surface area is 86.2 Å². The maximum atomic E-state index is 13.1. The number of nitrogens with zero attached hydrogens (tertiary/aromatic N) is 1. The molecular formula is C9H10ClFN2O. The number of rotatable bonds is 2. The number of alkyl halides is 1. The molecule has 1 aromatic heterocycles. The predicted molar refractivity (Wildman–Crippen MR) is 52.4 cm³/mol. The van der Waals surface area contributed by atoms with E-state index in [0.29, 0.717) is 17.4 Å². The summed E-state index contributed by atoms with van der Waals surface area (Å²) in [7, 11) is 0. The summed E-state index contributed by atoms with van der Waals surface area (Å²) < 4.78 is 18.1. The van der Waals surface area contributed by atoms with Crippen molar-refractivity contribution in [3.05, 3.63) is 23.4 Å². The van der Waals surface area contributed by atoms with Gasteiger partial charge >= 0.3 is 0 Å². The SMILES string of the molecule is FC1COCC1Nc1ncccc1Cl. The first kappa shape index (κ1) is 9.68. The molecule has 0 aliphatic carbocycles. The van der Waals surface area contributed by atoms with Crippen LogP contribution >= 0.6 is 11.6 Å². The number of pyridine rings is 1. The highest BCUT2D eigenvalue weighted by Gasteiger charge is 2.28. The fourth-order valence-corrected chi connectivity index (χ4v) is 1.50. The molecule has 5 heteroatoms. The quantitative estimate of drug-likeness (QED) is 0.820. The van der Waals surface area contributed by atoms with Crippen LogP contribution in [0, 0.1) is 0 Å². The summed E-state index contributed by atoms with van der Waals surface area (Å²) in [4.78, 5) is 4.01. The Balaban J connectivity index is 2.07. The average Bonchev–Trinajstić information content (AvgIpc) is 2.56. The maximum Gasteiger partial charge on any atom is 0.146 e. The van der Waals surface area contributed by atoms with Crippen LogP contribution in [0.15, 0.2) is 18.3 Å². The largest absolute Gasteiger partial charge is 0.376 e. The Bertz CT molecular complexity index is 323. The third-order valence-corrected chi connectivity index (χ3v) is 2.40. The van der Waals surface area contributed by atoms with Crippen molar-refractivity contribution >= 4 is 17.4 Å². The summed E-state index contributed by atoms with van der Waals surface area (Å²) in [5, 5.41) is 3.41. The predicted octanol–water partition coefficient (Wildman–Crippen LogP) is 1.88. The molecular weight excluding hydrogens is 207 g/mol. The van der Waals surface area contributed by atoms with Crippen molar-refractivity contribution in [1.82, 2.24) is 4.98 Å². The number of hydrogen-bond donors (Lipinski definition) is 1. The van der Waals surface area contributed by atoms with Crippen LogP contribution in [0.2, 0.25) is 5.02 Å². The van der Waals surface area contributed by atoms with Gasteiger partial charge in [0.15, 0.2) is 0 Å². The van der Waals surface area contributed by atoms with Crippen LogP contribution in [-0.4, -0.2) is 30.4 Å². The lowest BCUT2D eigenvalue weighted by Gasteiger charge is -2.14. The molecule has 2 heterocycles. The highest BCUT2D eigenvalue weighted by Crippen LogP contribution is 2.21. The molecule has 0 bridgehead atoms. The molecule has 76 valence electrons. The van der Waals surface area contributed by atoms with Gasteiger partial charge in [0, 0.05) is 6.20 Å². The number of hydrogen-bond acceptors (Lipinski definition) is 3. The Morgan fingerprint density at radius 1 is 1.57 bits per heavy atom. The zero-order valence-electron chi connectivity index (χ0n) is 7.41. The van der Waals surface area contributed by atoms with Gasteiger partial charge < -0.3 is 10.1 Å². The van der Waals surface area contributed by atoms with Gasteiger partial charge in [0.25, 0.3) is 0 Å². The molecule has 0 saturated carbocycles. The molecule has 1 aliphatic heterocycles. The summed E-state index contributed by atoms with van der Waals surface area (Å²) in [5.41, 5.74) is 0. The molecule has 2 unspecified atom stereocenters. The van der Waals surface area contributed by atoms with Crippen molar-refractivity contribution < 1.29 is 9.13 Å². The van der Waals surface area contributed by atoms with Crippen molar-refractivity contribution in [3.63, 3.8) is 0 Å². The van der Waals surface area contributed by atoms with Gasteiger partial charge in [-0.1, -0.05) is 11.6 Å². The molecule has 0 spiro atoms. The van der Waals surface area contributed by atoms with Gasteiger partial charge in [0.05, 0.1) is 24.3 Å². The van der Waals surface area contributed by atoms with Crippen LogP contribution in [0.4, 0.5) is 10.2 Å². The van der Waals surface area contributed by atoms with Crippen LogP contribution in [0.1, 0.15) is 0 Å². The molecule has 14 heavy (non-hydrogen) atoms. The first-order valence-corrected chi connectivity index (χ1v) is 4.74. The van der Waals surface area contributed by atoms with Crippen molar-refractivity contribution in [3.8, 4) is 0 Å². The molecule has 1 saturated heterocycles. The molecule has 2 atom stereocenters.